The van der Waals surface area contributed by atoms with E-state index in [-0.39, 0.29) is 44.1 Å². The number of hydrogen-bond donors (Lipinski definition) is 6. The van der Waals surface area contributed by atoms with Crippen molar-refractivity contribution in [3.63, 3.8) is 0 Å². The maximum atomic E-state index is 12.9. The summed E-state index contributed by atoms with van der Waals surface area (Å²) in [5.41, 5.74) is 17.7. The zero-order chi connectivity index (χ0) is 49.8. The molecule has 0 radical (unpaired) electrons. The number of nitrogens with two attached hydrogens (primary N) is 2. The van der Waals surface area contributed by atoms with Crippen LogP contribution in [0.5, 0.6) is 0 Å². The van der Waals surface area contributed by atoms with E-state index in [1.807, 2.05) is 61.6 Å². The van der Waals surface area contributed by atoms with Crippen LogP contribution in [0, 0.1) is 13.8 Å². The molecule has 68 heavy (non-hydrogen) atoms. The van der Waals surface area contributed by atoms with Crippen LogP contribution in [-0.4, -0.2) is 49.6 Å². The first-order chi connectivity index (χ1) is 32.0. The molecule has 0 fully saturated rings. The van der Waals surface area contributed by atoms with Crippen LogP contribution in [0.1, 0.15) is 52.6 Å². The minimum Gasteiger partial charge on any atom is -0.744 e. The highest BCUT2D eigenvalue weighted by molar-refractivity contribution is 7.86. The first-order valence-electron chi connectivity index (χ1n) is 20.2. The van der Waals surface area contributed by atoms with E-state index in [9.17, 15) is 45.1 Å². The molecule has 0 unspecified atom stereocenters. The van der Waals surface area contributed by atoms with Crippen LogP contribution in [0.25, 0.3) is 0 Å². The van der Waals surface area contributed by atoms with E-state index in [4.69, 9.17) is 11.5 Å². The van der Waals surface area contributed by atoms with E-state index in [0.717, 1.165) is 11.1 Å². The van der Waals surface area contributed by atoms with Crippen molar-refractivity contribution in [2.45, 2.75) is 23.6 Å². The summed E-state index contributed by atoms with van der Waals surface area (Å²) in [5, 5.41) is 11.1. The number of anilines is 6. The Morgan fingerprint density at radius 2 is 0.765 bits per heavy atom. The number of pyridine rings is 2. The van der Waals surface area contributed by atoms with Gasteiger partial charge in [0.2, 0.25) is 0 Å². The molecule has 8 N–H and O–H groups in total. The molecule has 0 aliphatic heterocycles. The Labute approximate surface area is 392 Å². The van der Waals surface area contributed by atoms with Gasteiger partial charge < -0.3 is 41.8 Å². The molecule has 7 rings (SSSR count). The lowest BCUT2D eigenvalue weighted by molar-refractivity contribution is -0.670. The topological polar surface area (TPSA) is 291 Å². The van der Waals surface area contributed by atoms with E-state index < -0.39 is 32.1 Å². The largest absolute Gasteiger partial charge is 0.744 e. The van der Waals surface area contributed by atoms with Gasteiger partial charge in [0, 0.05) is 34.4 Å². The highest BCUT2D eigenvalue weighted by atomic mass is 32.2. The van der Waals surface area contributed by atoms with Crippen LogP contribution in [0.2, 0.25) is 0 Å². The Morgan fingerprint density at radius 1 is 0.456 bits per heavy atom. The number of nitrogens with zero attached hydrogens (tertiary/aromatic N) is 2. The molecule has 0 aliphatic carbocycles. The molecular formula is C48H46N8O10S2. The van der Waals surface area contributed by atoms with Crippen LogP contribution < -0.4 is 41.9 Å². The summed E-state index contributed by atoms with van der Waals surface area (Å²) in [7, 11) is -4.84. The van der Waals surface area contributed by atoms with Gasteiger partial charge in [-0.1, -0.05) is 35.4 Å². The van der Waals surface area contributed by atoms with Crippen LogP contribution >= 0.6 is 0 Å². The van der Waals surface area contributed by atoms with Crippen molar-refractivity contribution in [3.8, 4) is 0 Å². The van der Waals surface area contributed by atoms with Crippen molar-refractivity contribution in [2.24, 2.45) is 14.1 Å². The maximum Gasteiger partial charge on any atom is 0.255 e. The predicted molar refractivity (Wildman–Crippen MR) is 253 cm³/mol. The van der Waals surface area contributed by atoms with Crippen LogP contribution in [-0.2, 0) is 34.3 Å². The van der Waals surface area contributed by atoms with Gasteiger partial charge in [0.15, 0.2) is 24.8 Å². The number of benzene rings is 5. The van der Waals surface area contributed by atoms with Gasteiger partial charge in [0.25, 0.3) is 23.6 Å². The van der Waals surface area contributed by atoms with Crippen molar-refractivity contribution in [1.82, 2.24) is 0 Å². The highest BCUT2D eigenvalue weighted by Crippen LogP contribution is 2.24. The van der Waals surface area contributed by atoms with Gasteiger partial charge >= 0.3 is 0 Å². The number of hydrogen-bond acceptors (Lipinski definition) is 12. The molecule has 0 aliphatic rings. The third-order valence-corrected chi connectivity index (χ3v) is 11.2. The van der Waals surface area contributed by atoms with E-state index in [1.165, 1.54) is 60.7 Å². The normalized spacial score (nSPS) is 10.8. The number of nitrogen functional groups attached to an aromatic ring is 2. The first kappa shape index (κ1) is 50.7. The fourth-order valence-corrected chi connectivity index (χ4v) is 6.88. The average molecular weight is 959 g/mol. The minimum atomic E-state index is -4.27. The second-order valence-electron chi connectivity index (χ2n) is 15.0. The fourth-order valence-electron chi connectivity index (χ4n) is 5.94. The third-order valence-electron chi connectivity index (χ3n) is 9.55. The minimum absolute atomic E-state index is 0.178. The van der Waals surface area contributed by atoms with Crippen molar-refractivity contribution in [2.75, 3.05) is 32.7 Å². The van der Waals surface area contributed by atoms with Gasteiger partial charge in [0.1, 0.15) is 45.7 Å². The van der Waals surface area contributed by atoms with Crippen LogP contribution in [0.3, 0.4) is 0 Å². The SMILES string of the molecule is C[n+]1cccc(NC(=O)c2ccc(NC(=O)c3ccc(C(=O)Nc4ccc(C(=O)Nc5ccc[n+](C)c5)cc4N)cc3)c(N)c2)c1.Cc1ccc(S(=O)(=O)[O-])cc1.Cc1ccc(S(=O)(=O)[O-])cc1. The molecule has 0 bridgehead atoms. The zero-order valence-electron chi connectivity index (χ0n) is 37.0. The highest BCUT2D eigenvalue weighted by Gasteiger charge is 2.16. The molecular weight excluding hydrogens is 913 g/mol. The lowest BCUT2D eigenvalue weighted by Crippen LogP contribution is -2.27. The predicted octanol–water partition coefficient (Wildman–Crippen LogP) is 5.31. The lowest BCUT2D eigenvalue weighted by atomic mass is 10.1. The Kier molecular flexibility index (Phi) is 16.6. The number of aryl methyl sites for hydroxylation is 4. The number of nitrogens with one attached hydrogen (secondary N) is 4. The summed E-state index contributed by atoms with van der Waals surface area (Å²) in [6.07, 6.45) is 7.24. The monoisotopic (exact) mass is 958 g/mol. The Bertz CT molecular complexity index is 2990. The first-order valence-corrected chi connectivity index (χ1v) is 23.0. The fraction of sp³-hybridized carbons (Fsp3) is 0.0833. The summed E-state index contributed by atoms with van der Waals surface area (Å²) < 4.78 is 66.0. The number of aromatic nitrogens is 2. The summed E-state index contributed by atoms with van der Waals surface area (Å²) in [6, 6.07) is 33.9. The van der Waals surface area contributed by atoms with Gasteiger partial charge in [-0.05, 0) is 111 Å². The summed E-state index contributed by atoms with van der Waals surface area (Å²) >= 11 is 0. The Hall–Kier alpha value is -8.30. The summed E-state index contributed by atoms with van der Waals surface area (Å²) in [4.78, 5) is 50.7. The van der Waals surface area contributed by atoms with Gasteiger partial charge in [-0.2, -0.15) is 0 Å². The number of rotatable bonds is 10. The number of carbonyl (C=O) groups excluding carboxylic acids is 4. The second kappa shape index (κ2) is 22.3. The maximum absolute atomic E-state index is 12.9. The molecule has 5 aromatic carbocycles. The molecule has 4 amide bonds. The molecule has 0 saturated carbocycles. The number of carbonyl (C=O) groups is 4. The van der Waals surface area contributed by atoms with E-state index in [2.05, 4.69) is 21.3 Å². The van der Waals surface area contributed by atoms with Crippen molar-refractivity contribution < 1.29 is 54.3 Å². The van der Waals surface area contributed by atoms with Gasteiger partial charge in [0.05, 0.1) is 32.5 Å². The Morgan fingerprint density at radius 3 is 1.06 bits per heavy atom. The molecule has 7 aromatic rings. The standard InChI is InChI=1S/C34H30N8O4.2C7H8O3S/c1-41-15-3-5-25(19-41)37-33(45)23-11-13-29(27(35)17-23)39-31(43)21-7-9-22(10-8-21)32(44)40-30-14-12-24(18-28(30)36)34(46)38-26-6-4-16-42(2)20-26;2*1-6-2-4-7(5-3-6)11(8,9)10/h3-20H,1-2H3,(H6-2,35,36,37,38,39,40,43,44,45,46);2*2-5H,1H3,(H,8,9,10). The van der Waals surface area contributed by atoms with E-state index >= 15 is 0 Å². The van der Waals surface area contributed by atoms with Crippen molar-refractivity contribution in [1.29, 1.82) is 0 Å². The zero-order valence-corrected chi connectivity index (χ0v) is 38.6. The molecule has 20 heteroatoms. The van der Waals surface area contributed by atoms with Gasteiger partial charge in [-0.3, -0.25) is 19.2 Å². The molecule has 350 valence electrons. The van der Waals surface area contributed by atoms with Crippen LogP contribution in [0.4, 0.5) is 34.1 Å². The van der Waals surface area contributed by atoms with E-state index in [1.54, 1.807) is 73.1 Å². The molecule has 18 nitrogen and oxygen atoms in total. The molecule has 2 aromatic heterocycles. The van der Waals surface area contributed by atoms with Gasteiger partial charge in [-0.15, -0.1) is 0 Å². The molecule has 2 heterocycles. The third kappa shape index (κ3) is 14.9. The molecule has 0 saturated heterocycles. The smallest absolute Gasteiger partial charge is 0.255 e. The lowest BCUT2D eigenvalue weighted by Gasteiger charge is -2.12. The average Bonchev–Trinajstić information content (AvgIpc) is 3.28. The molecule has 0 spiro atoms. The summed E-state index contributed by atoms with van der Waals surface area (Å²) in [5.74, 6) is -1.58. The van der Waals surface area contributed by atoms with E-state index in [0.29, 0.717) is 33.9 Å². The second-order valence-corrected chi connectivity index (χ2v) is 17.8. The Balaban J connectivity index is 0.000000319. The summed E-state index contributed by atoms with van der Waals surface area (Å²) in [6.45, 7) is 3.64. The quantitative estimate of drug-likeness (QED) is 0.0578. The van der Waals surface area contributed by atoms with Crippen molar-refractivity contribution >= 4 is 78.0 Å². The van der Waals surface area contributed by atoms with Crippen molar-refractivity contribution in [3.05, 3.63) is 192 Å². The van der Waals surface area contributed by atoms with Gasteiger partial charge in [-0.25, -0.2) is 26.0 Å². The number of amides is 4. The van der Waals surface area contributed by atoms with Crippen LogP contribution in [0.15, 0.2) is 168 Å². The molecule has 0 atom stereocenters.